The Balaban J connectivity index is 1.36. The number of hydrogen-bond acceptors (Lipinski definition) is 3. The Morgan fingerprint density at radius 3 is 2.75 bits per heavy atom. The van der Waals surface area contributed by atoms with Crippen molar-refractivity contribution in [1.82, 2.24) is 10.3 Å². The topological polar surface area (TPSA) is 55.1 Å². The summed E-state index contributed by atoms with van der Waals surface area (Å²) in [7, 11) is 0. The second kappa shape index (κ2) is 8.16. The molecule has 3 aromatic rings. The number of nitrogens with one attached hydrogen (secondary N) is 1. The van der Waals surface area contributed by atoms with Crippen molar-refractivity contribution in [2.45, 2.75) is 31.7 Å². The van der Waals surface area contributed by atoms with E-state index in [4.69, 9.17) is 39.2 Å². The molecule has 1 heterocycles. The van der Waals surface area contributed by atoms with Gasteiger partial charge in [-0.2, -0.15) is 0 Å². The zero-order valence-electron chi connectivity index (χ0n) is 14.8. The molecule has 0 spiro atoms. The molecule has 0 saturated carbocycles. The summed E-state index contributed by atoms with van der Waals surface area (Å²) in [5.74, 6) is 1.02. The summed E-state index contributed by atoms with van der Waals surface area (Å²) in [5, 5.41) is 4.87. The minimum Gasteiger partial charge on any atom is -0.441 e. The second-order valence-corrected chi connectivity index (χ2v) is 8.02. The van der Waals surface area contributed by atoms with E-state index >= 15 is 0 Å². The summed E-state index contributed by atoms with van der Waals surface area (Å²) in [6.07, 6.45) is 4.13. The molecular formula is C21H17Cl3N2O2. The van der Waals surface area contributed by atoms with Crippen LogP contribution in [0.25, 0.3) is 11.3 Å². The van der Waals surface area contributed by atoms with Crippen molar-refractivity contribution in [2.75, 3.05) is 0 Å². The van der Waals surface area contributed by atoms with Crippen LogP contribution in [0.5, 0.6) is 0 Å². The van der Waals surface area contributed by atoms with Gasteiger partial charge in [-0.05, 0) is 54.3 Å². The van der Waals surface area contributed by atoms with Crippen LogP contribution in [-0.4, -0.2) is 10.9 Å². The van der Waals surface area contributed by atoms with Gasteiger partial charge in [0.25, 0.3) is 0 Å². The van der Waals surface area contributed by atoms with Gasteiger partial charge in [0, 0.05) is 28.5 Å². The van der Waals surface area contributed by atoms with Gasteiger partial charge in [0.1, 0.15) is 0 Å². The van der Waals surface area contributed by atoms with Crippen molar-refractivity contribution in [3.8, 4) is 11.3 Å². The summed E-state index contributed by atoms with van der Waals surface area (Å²) in [6, 6.07) is 11.0. The normalized spacial score (nSPS) is 15.5. The Labute approximate surface area is 177 Å². The van der Waals surface area contributed by atoms with E-state index in [0.717, 1.165) is 29.0 Å². The summed E-state index contributed by atoms with van der Waals surface area (Å²) >= 11 is 18.2. The Bertz CT molecular complexity index is 1030. The number of carbonyl (C=O) groups is 1. The van der Waals surface area contributed by atoms with Crippen LogP contribution in [0.15, 0.2) is 47.0 Å². The van der Waals surface area contributed by atoms with Crippen molar-refractivity contribution in [3.63, 3.8) is 0 Å². The highest BCUT2D eigenvalue weighted by atomic mass is 35.5. The first-order valence-electron chi connectivity index (χ1n) is 8.97. The summed E-state index contributed by atoms with van der Waals surface area (Å²) in [4.78, 5) is 16.6. The number of halogens is 3. The maximum Gasteiger partial charge on any atom is 0.220 e. The molecule has 1 aliphatic carbocycles. The molecule has 4 rings (SSSR count). The minimum atomic E-state index is -0.0305. The van der Waals surface area contributed by atoms with Gasteiger partial charge in [0.05, 0.1) is 17.3 Å². The number of fused-ring (bicyclic) bond motifs is 1. The number of benzene rings is 2. The van der Waals surface area contributed by atoms with Crippen LogP contribution in [-0.2, 0) is 17.6 Å². The Kier molecular flexibility index (Phi) is 5.63. The maximum absolute atomic E-state index is 12.4. The predicted octanol–water partition coefficient (Wildman–Crippen LogP) is 6.04. The Morgan fingerprint density at radius 1 is 1.14 bits per heavy atom. The lowest BCUT2D eigenvalue weighted by atomic mass is 10.1. The van der Waals surface area contributed by atoms with Crippen LogP contribution in [0.2, 0.25) is 15.1 Å². The lowest BCUT2D eigenvalue weighted by Gasteiger charge is -2.14. The van der Waals surface area contributed by atoms with Gasteiger partial charge >= 0.3 is 0 Å². The molecule has 1 atom stereocenters. The van der Waals surface area contributed by atoms with Gasteiger partial charge in [-0.15, -0.1) is 0 Å². The molecule has 1 N–H and O–H groups in total. The van der Waals surface area contributed by atoms with Crippen LogP contribution in [0, 0.1) is 0 Å². The highest BCUT2D eigenvalue weighted by Gasteiger charge is 2.24. The van der Waals surface area contributed by atoms with Gasteiger partial charge in [-0.25, -0.2) is 4.98 Å². The van der Waals surface area contributed by atoms with Crippen LogP contribution in [0.4, 0.5) is 0 Å². The molecule has 0 fully saturated rings. The van der Waals surface area contributed by atoms with Crippen molar-refractivity contribution < 1.29 is 9.21 Å². The van der Waals surface area contributed by atoms with Crippen molar-refractivity contribution >= 4 is 40.7 Å². The lowest BCUT2D eigenvalue weighted by molar-refractivity contribution is -0.121. The summed E-state index contributed by atoms with van der Waals surface area (Å²) in [5.41, 5.74) is 3.07. The lowest BCUT2D eigenvalue weighted by Crippen LogP contribution is -2.27. The Hall–Kier alpha value is -2.01. The zero-order valence-corrected chi connectivity index (χ0v) is 17.1. The third-order valence-electron chi connectivity index (χ3n) is 4.83. The number of nitrogens with zero attached hydrogens (tertiary/aromatic N) is 1. The highest BCUT2D eigenvalue weighted by molar-refractivity contribution is 6.36. The fourth-order valence-corrected chi connectivity index (χ4v) is 4.16. The van der Waals surface area contributed by atoms with Gasteiger partial charge in [0.15, 0.2) is 11.7 Å². The fourth-order valence-electron chi connectivity index (χ4n) is 3.46. The van der Waals surface area contributed by atoms with Gasteiger partial charge < -0.3 is 9.73 Å². The quantitative estimate of drug-likeness (QED) is 0.531. The van der Waals surface area contributed by atoms with E-state index in [2.05, 4.69) is 10.3 Å². The fraction of sp³-hybridized carbons (Fsp3) is 0.238. The molecule has 28 heavy (non-hydrogen) atoms. The molecule has 0 radical (unpaired) electrons. The maximum atomic E-state index is 12.4. The number of rotatable bonds is 5. The predicted molar refractivity (Wildman–Crippen MR) is 111 cm³/mol. The van der Waals surface area contributed by atoms with E-state index in [9.17, 15) is 4.79 Å². The molecule has 0 aliphatic heterocycles. The Morgan fingerprint density at radius 2 is 1.93 bits per heavy atom. The number of aryl methyl sites for hydroxylation is 2. The number of amides is 1. The molecule has 1 unspecified atom stereocenters. The minimum absolute atomic E-state index is 0.0305. The molecule has 1 aromatic heterocycles. The van der Waals surface area contributed by atoms with Crippen molar-refractivity contribution in [1.29, 1.82) is 0 Å². The first-order chi connectivity index (χ1) is 13.5. The number of carbonyl (C=O) groups excluding carboxylic acids is 1. The monoisotopic (exact) mass is 434 g/mol. The molecule has 0 bridgehead atoms. The highest BCUT2D eigenvalue weighted by Crippen LogP contribution is 2.33. The van der Waals surface area contributed by atoms with E-state index in [0.29, 0.717) is 34.5 Å². The molecule has 0 saturated heterocycles. The van der Waals surface area contributed by atoms with E-state index in [1.807, 2.05) is 18.2 Å². The third kappa shape index (κ3) is 4.19. The first-order valence-corrected chi connectivity index (χ1v) is 10.1. The molecule has 4 nitrogen and oxygen atoms in total. The van der Waals surface area contributed by atoms with Crippen LogP contribution in [0.1, 0.15) is 35.9 Å². The van der Waals surface area contributed by atoms with Crippen LogP contribution >= 0.6 is 34.8 Å². The van der Waals surface area contributed by atoms with Crippen LogP contribution < -0.4 is 5.32 Å². The molecule has 7 heteroatoms. The smallest absolute Gasteiger partial charge is 0.220 e. The molecule has 1 aliphatic rings. The molecule has 1 amide bonds. The first kappa shape index (κ1) is 19.3. The molecular weight excluding hydrogens is 419 g/mol. The van der Waals surface area contributed by atoms with E-state index < -0.39 is 0 Å². The largest absolute Gasteiger partial charge is 0.441 e. The van der Waals surface area contributed by atoms with E-state index in [-0.39, 0.29) is 11.9 Å². The van der Waals surface area contributed by atoms with Crippen LogP contribution in [0.3, 0.4) is 0 Å². The van der Waals surface area contributed by atoms with Crippen molar-refractivity contribution in [2.24, 2.45) is 0 Å². The molecule has 144 valence electrons. The standard InChI is InChI=1S/C21H17Cl3N2O2/c22-13-2-4-15-12(9-13)1-6-18(15)26-20(27)7-8-21-25-11-19(28-21)16-5-3-14(23)10-17(16)24/h2-5,9-11,18H,1,6-8H2,(H,26,27). The third-order valence-corrected chi connectivity index (χ3v) is 5.62. The zero-order chi connectivity index (χ0) is 19.7. The summed E-state index contributed by atoms with van der Waals surface area (Å²) < 4.78 is 5.75. The van der Waals surface area contributed by atoms with Crippen molar-refractivity contribution in [3.05, 3.63) is 74.7 Å². The summed E-state index contributed by atoms with van der Waals surface area (Å²) in [6.45, 7) is 0. The van der Waals surface area contributed by atoms with E-state index in [1.165, 1.54) is 5.56 Å². The average Bonchev–Trinajstić information content (AvgIpc) is 3.27. The van der Waals surface area contributed by atoms with Gasteiger partial charge in [0.2, 0.25) is 5.91 Å². The SMILES string of the molecule is O=C(CCc1ncc(-c2ccc(Cl)cc2Cl)o1)NC1CCc2cc(Cl)ccc21. The number of hydrogen-bond donors (Lipinski definition) is 1. The van der Waals surface area contributed by atoms with E-state index in [1.54, 1.807) is 24.4 Å². The van der Waals surface area contributed by atoms with Gasteiger partial charge in [-0.3, -0.25) is 4.79 Å². The number of oxazole rings is 1. The van der Waals surface area contributed by atoms with Gasteiger partial charge in [-0.1, -0.05) is 40.9 Å². The number of aromatic nitrogens is 1. The average molecular weight is 436 g/mol. The molecule has 2 aromatic carbocycles. The second-order valence-electron chi connectivity index (χ2n) is 6.74.